The van der Waals surface area contributed by atoms with Crippen molar-refractivity contribution in [1.29, 1.82) is 0 Å². The van der Waals surface area contributed by atoms with Gasteiger partial charge in [0.15, 0.2) is 0 Å². The van der Waals surface area contributed by atoms with Crippen molar-refractivity contribution in [2.75, 3.05) is 14.2 Å². The summed E-state index contributed by atoms with van der Waals surface area (Å²) in [6, 6.07) is 13.9. The van der Waals surface area contributed by atoms with Crippen molar-refractivity contribution in [1.82, 2.24) is 0 Å². The van der Waals surface area contributed by atoms with Crippen LogP contribution >= 0.6 is 0 Å². The highest BCUT2D eigenvalue weighted by atomic mass is 16.5. The Morgan fingerprint density at radius 1 is 0.861 bits per heavy atom. The molecule has 6 heteroatoms. The number of hydrogen-bond acceptors (Lipinski definition) is 6. The van der Waals surface area contributed by atoms with Crippen molar-refractivity contribution in [2.24, 2.45) is 5.41 Å². The summed E-state index contributed by atoms with van der Waals surface area (Å²) < 4.78 is 22.7. The molecule has 2 heterocycles. The normalized spacial score (nSPS) is 20.1. The van der Waals surface area contributed by atoms with Gasteiger partial charge in [0.25, 0.3) is 0 Å². The maximum absolute atomic E-state index is 12.2. The van der Waals surface area contributed by atoms with Gasteiger partial charge in [-0.05, 0) is 61.6 Å². The highest BCUT2D eigenvalue weighted by molar-refractivity contribution is 5.88. The highest BCUT2D eigenvalue weighted by Gasteiger charge is 2.38. The van der Waals surface area contributed by atoms with E-state index in [0.29, 0.717) is 28.2 Å². The molecule has 2 aromatic heterocycles. The van der Waals surface area contributed by atoms with Crippen molar-refractivity contribution in [3.05, 3.63) is 98.2 Å². The van der Waals surface area contributed by atoms with Crippen LogP contribution in [0.15, 0.2) is 84.7 Å². The SMILES string of the molecule is COc1ccc2ccc(=O)oc2c1/C=C/C1(C)CCC(C)=CC1c1c(OC)ccc2ccc(=O)oc12. The fourth-order valence-corrected chi connectivity index (χ4v) is 5.13. The summed E-state index contributed by atoms with van der Waals surface area (Å²) in [6.45, 7) is 4.30. The van der Waals surface area contributed by atoms with E-state index >= 15 is 0 Å². The number of fused-ring (bicyclic) bond motifs is 2. The molecule has 1 aliphatic carbocycles. The van der Waals surface area contributed by atoms with E-state index in [1.807, 2.05) is 30.3 Å². The summed E-state index contributed by atoms with van der Waals surface area (Å²) >= 11 is 0. The molecule has 0 bridgehead atoms. The molecule has 5 rings (SSSR count). The lowest BCUT2D eigenvalue weighted by atomic mass is 9.65. The van der Waals surface area contributed by atoms with E-state index in [1.165, 1.54) is 17.7 Å². The van der Waals surface area contributed by atoms with Crippen LogP contribution in [-0.4, -0.2) is 14.2 Å². The van der Waals surface area contributed by atoms with Crippen molar-refractivity contribution in [2.45, 2.75) is 32.6 Å². The topological polar surface area (TPSA) is 78.9 Å². The molecule has 0 aliphatic heterocycles. The van der Waals surface area contributed by atoms with Gasteiger partial charge in [0.1, 0.15) is 22.7 Å². The second-order valence-corrected chi connectivity index (χ2v) is 9.54. The van der Waals surface area contributed by atoms with E-state index in [9.17, 15) is 9.59 Å². The minimum absolute atomic E-state index is 0.125. The maximum atomic E-state index is 12.2. The van der Waals surface area contributed by atoms with Gasteiger partial charge >= 0.3 is 11.3 Å². The van der Waals surface area contributed by atoms with Gasteiger partial charge < -0.3 is 18.3 Å². The van der Waals surface area contributed by atoms with Gasteiger partial charge in [0, 0.05) is 34.4 Å². The molecule has 36 heavy (non-hydrogen) atoms. The lowest BCUT2D eigenvalue weighted by Crippen LogP contribution is -2.26. The third-order valence-corrected chi connectivity index (χ3v) is 7.18. The van der Waals surface area contributed by atoms with Gasteiger partial charge in [0.05, 0.1) is 19.8 Å². The molecule has 6 nitrogen and oxygen atoms in total. The Morgan fingerprint density at radius 3 is 2.11 bits per heavy atom. The van der Waals surface area contributed by atoms with Crippen molar-refractivity contribution < 1.29 is 18.3 Å². The standard InChI is InChI=1S/C30H28O6/c1-18-13-15-30(2,16-14-21-23(33-3)9-5-19-7-11-25(31)35-28(19)21)22(17-18)27-24(34-4)10-6-20-8-12-26(32)36-29(20)27/h5-12,14,16-17,22H,13,15H2,1-4H3/b16-14+. The van der Waals surface area contributed by atoms with Crippen molar-refractivity contribution in [3.63, 3.8) is 0 Å². The van der Waals surface area contributed by atoms with Gasteiger partial charge in [-0.15, -0.1) is 0 Å². The first kappa shape index (κ1) is 23.7. The molecule has 0 spiro atoms. The Balaban J connectivity index is 1.71. The van der Waals surface area contributed by atoms with Gasteiger partial charge in [-0.25, -0.2) is 9.59 Å². The predicted molar refractivity (Wildman–Crippen MR) is 141 cm³/mol. The Labute approximate surface area is 208 Å². The van der Waals surface area contributed by atoms with Gasteiger partial charge in [-0.1, -0.05) is 30.7 Å². The van der Waals surface area contributed by atoms with Crippen LogP contribution in [0.4, 0.5) is 0 Å². The van der Waals surface area contributed by atoms with E-state index in [4.69, 9.17) is 18.3 Å². The van der Waals surface area contributed by atoms with Crippen molar-refractivity contribution in [3.8, 4) is 11.5 Å². The molecule has 1 aliphatic rings. The molecule has 2 aromatic carbocycles. The smallest absolute Gasteiger partial charge is 0.336 e. The fourth-order valence-electron chi connectivity index (χ4n) is 5.13. The van der Waals surface area contributed by atoms with Crippen LogP contribution in [0.5, 0.6) is 11.5 Å². The van der Waals surface area contributed by atoms with Crippen LogP contribution in [0.2, 0.25) is 0 Å². The minimum Gasteiger partial charge on any atom is -0.496 e. The molecule has 0 saturated heterocycles. The molecule has 2 unspecified atom stereocenters. The third-order valence-electron chi connectivity index (χ3n) is 7.18. The summed E-state index contributed by atoms with van der Waals surface area (Å²) in [4.78, 5) is 24.2. The Morgan fingerprint density at radius 2 is 1.44 bits per heavy atom. The van der Waals surface area contributed by atoms with Gasteiger partial charge in [-0.3, -0.25) is 0 Å². The zero-order chi connectivity index (χ0) is 25.4. The Bertz CT molecular complexity index is 1640. The summed E-state index contributed by atoms with van der Waals surface area (Å²) in [5.74, 6) is 1.16. The molecule has 0 fully saturated rings. The first-order valence-electron chi connectivity index (χ1n) is 11.9. The largest absolute Gasteiger partial charge is 0.496 e. The summed E-state index contributed by atoms with van der Waals surface area (Å²) in [7, 11) is 3.22. The molecule has 184 valence electrons. The summed E-state index contributed by atoms with van der Waals surface area (Å²) in [5.41, 5.74) is 2.64. The molecular formula is C30H28O6. The fraction of sp³-hybridized carbons (Fsp3) is 0.267. The Kier molecular flexibility index (Phi) is 6.04. The molecule has 2 atom stereocenters. The van der Waals surface area contributed by atoms with Crippen molar-refractivity contribution >= 4 is 28.0 Å². The molecule has 0 radical (unpaired) electrons. The lowest BCUT2D eigenvalue weighted by Gasteiger charge is -2.38. The lowest BCUT2D eigenvalue weighted by molar-refractivity contribution is 0.321. The molecule has 4 aromatic rings. The zero-order valence-corrected chi connectivity index (χ0v) is 20.8. The Hall–Kier alpha value is -4.06. The van der Waals surface area contributed by atoms with Crippen LogP contribution in [0.3, 0.4) is 0 Å². The van der Waals surface area contributed by atoms with Crippen LogP contribution in [-0.2, 0) is 0 Å². The summed E-state index contributed by atoms with van der Waals surface area (Å²) in [5, 5.41) is 1.65. The minimum atomic E-state index is -0.416. The predicted octanol–water partition coefficient (Wildman–Crippen LogP) is 6.46. The van der Waals surface area contributed by atoms with Crippen LogP contribution in [0.25, 0.3) is 28.0 Å². The van der Waals surface area contributed by atoms with Gasteiger partial charge in [-0.2, -0.15) is 0 Å². The number of ether oxygens (including phenoxy) is 2. The average molecular weight is 485 g/mol. The van der Waals surface area contributed by atoms with E-state index in [0.717, 1.165) is 29.2 Å². The number of methoxy groups -OCH3 is 2. The quantitative estimate of drug-likeness (QED) is 0.239. The first-order chi connectivity index (χ1) is 17.3. The molecular weight excluding hydrogens is 456 g/mol. The third kappa shape index (κ3) is 4.13. The number of rotatable bonds is 5. The number of benzene rings is 2. The second-order valence-electron chi connectivity index (χ2n) is 9.54. The van der Waals surface area contributed by atoms with E-state index in [-0.39, 0.29) is 11.3 Å². The van der Waals surface area contributed by atoms with E-state index in [2.05, 4.69) is 26.0 Å². The second kappa shape index (κ2) is 9.19. The first-order valence-corrected chi connectivity index (χ1v) is 11.9. The number of allylic oxidation sites excluding steroid dienone is 3. The zero-order valence-electron chi connectivity index (χ0n) is 20.8. The van der Waals surface area contributed by atoms with Gasteiger partial charge in [0.2, 0.25) is 0 Å². The highest BCUT2D eigenvalue weighted by Crippen LogP contribution is 2.51. The molecule has 0 saturated carbocycles. The number of hydrogen-bond donors (Lipinski definition) is 0. The monoisotopic (exact) mass is 484 g/mol. The average Bonchev–Trinajstić information content (AvgIpc) is 2.88. The van der Waals surface area contributed by atoms with Crippen LogP contribution < -0.4 is 20.7 Å². The van der Waals surface area contributed by atoms with E-state index < -0.39 is 11.3 Å². The van der Waals surface area contributed by atoms with E-state index in [1.54, 1.807) is 26.4 Å². The molecule has 0 amide bonds. The summed E-state index contributed by atoms with van der Waals surface area (Å²) in [6.07, 6.45) is 8.14. The van der Waals surface area contributed by atoms with Crippen LogP contribution in [0.1, 0.15) is 43.7 Å². The van der Waals surface area contributed by atoms with Crippen LogP contribution in [0, 0.1) is 5.41 Å². The maximum Gasteiger partial charge on any atom is 0.336 e. The molecule has 0 N–H and O–H groups in total.